The molecule has 0 radical (unpaired) electrons. The van der Waals surface area contributed by atoms with Gasteiger partial charge in [0, 0.05) is 17.7 Å². The number of aromatic amines is 1. The summed E-state index contributed by atoms with van der Waals surface area (Å²) in [6, 6.07) is 11.2. The van der Waals surface area contributed by atoms with Crippen LogP contribution in [0.15, 0.2) is 41.5 Å². The van der Waals surface area contributed by atoms with Crippen molar-refractivity contribution in [2.75, 3.05) is 0 Å². The van der Waals surface area contributed by atoms with Crippen LogP contribution in [-0.2, 0) is 11.2 Å². The van der Waals surface area contributed by atoms with Gasteiger partial charge in [0.25, 0.3) is 0 Å². The molecule has 3 aromatic rings. The molecule has 25 heavy (non-hydrogen) atoms. The molecule has 0 aliphatic heterocycles. The smallest absolute Gasteiger partial charge is 0.240 e. The average Bonchev–Trinajstić information content (AvgIpc) is 2.93. The van der Waals surface area contributed by atoms with Gasteiger partial charge in [-0.15, -0.1) is 0 Å². The van der Waals surface area contributed by atoms with Crippen LogP contribution in [0.4, 0.5) is 0 Å². The maximum absolute atomic E-state index is 12.0. The molecule has 3 N–H and O–H groups in total. The number of nitrogens with zero attached hydrogens (tertiary/aromatic N) is 2. The number of phenolic OH excluding ortho intramolecular Hbond substituents is 1. The number of amides is 1. The number of fused-ring (bicyclic) bond motifs is 1. The van der Waals surface area contributed by atoms with E-state index in [4.69, 9.17) is 0 Å². The summed E-state index contributed by atoms with van der Waals surface area (Å²) in [5.41, 5.74) is 6.05. The first kappa shape index (κ1) is 16.7. The lowest BCUT2D eigenvalue weighted by Crippen LogP contribution is -2.18. The number of rotatable bonds is 5. The van der Waals surface area contributed by atoms with Crippen molar-refractivity contribution < 1.29 is 9.90 Å². The van der Waals surface area contributed by atoms with E-state index in [-0.39, 0.29) is 11.7 Å². The van der Waals surface area contributed by atoms with Crippen LogP contribution in [0.3, 0.4) is 0 Å². The molecule has 0 atom stereocenters. The summed E-state index contributed by atoms with van der Waals surface area (Å²) in [6.07, 6.45) is 2.40. The summed E-state index contributed by atoms with van der Waals surface area (Å²) < 4.78 is 0. The zero-order valence-corrected chi connectivity index (χ0v) is 14.2. The van der Waals surface area contributed by atoms with Gasteiger partial charge in [0.05, 0.1) is 11.9 Å². The van der Waals surface area contributed by atoms with E-state index in [0.717, 1.165) is 27.7 Å². The quantitative estimate of drug-likeness (QED) is 0.494. The standard InChI is InChI=1S/C19H20N4O2/c1-12-15(13(2)22-21-12)8-10-19(25)23-20-11-17-16-6-4-3-5-14(16)7-9-18(17)24/h3-7,9,11,24H,8,10H2,1-2H3,(H,21,22)(H,23,25)/b20-11-. The Morgan fingerprint density at radius 1 is 1.28 bits per heavy atom. The van der Waals surface area contributed by atoms with E-state index < -0.39 is 0 Å². The highest BCUT2D eigenvalue weighted by molar-refractivity contribution is 6.02. The normalized spacial score (nSPS) is 11.3. The lowest BCUT2D eigenvalue weighted by Gasteiger charge is -2.05. The molecule has 0 aliphatic rings. The van der Waals surface area contributed by atoms with E-state index in [2.05, 4.69) is 20.7 Å². The highest BCUT2D eigenvalue weighted by Gasteiger charge is 2.09. The minimum absolute atomic E-state index is 0.126. The number of carbonyl (C=O) groups excluding carboxylic acids is 1. The Kier molecular flexibility index (Phi) is 4.79. The van der Waals surface area contributed by atoms with Crippen LogP contribution in [0.1, 0.15) is 28.9 Å². The van der Waals surface area contributed by atoms with E-state index >= 15 is 0 Å². The number of aromatic nitrogens is 2. The van der Waals surface area contributed by atoms with Crippen LogP contribution in [-0.4, -0.2) is 27.4 Å². The first-order chi connectivity index (χ1) is 12.1. The third-order valence-corrected chi connectivity index (χ3v) is 4.21. The monoisotopic (exact) mass is 336 g/mol. The zero-order valence-electron chi connectivity index (χ0n) is 14.2. The van der Waals surface area contributed by atoms with Crippen LogP contribution in [0.5, 0.6) is 5.75 Å². The Balaban J connectivity index is 1.65. The zero-order chi connectivity index (χ0) is 17.8. The molecule has 1 heterocycles. The number of aromatic hydroxyl groups is 1. The van der Waals surface area contributed by atoms with Crippen molar-refractivity contribution in [1.29, 1.82) is 0 Å². The SMILES string of the molecule is Cc1n[nH]c(C)c1CCC(=O)N/N=C\c1c(O)ccc2ccccc12. The summed E-state index contributed by atoms with van der Waals surface area (Å²) >= 11 is 0. The number of H-pyrrole nitrogens is 1. The number of nitrogens with one attached hydrogen (secondary N) is 2. The molecule has 1 aromatic heterocycles. The molecular formula is C19H20N4O2. The molecule has 6 nitrogen and oxygen atoms in total. The number of carbonyl (C=O) groups is 1. The van der Waals surface area contributed by atoms with Crippen molar-refractivity contribution in [3.63, 3.8) is 0 Å². The molecule has 128 valence electrons. The second kappa shape index (κ2) is 7.17. The van der Waals surface area contributed by atoms with Gasteiger partial charge in [-0.3, -0.25) is 9.89 Å². The van der Waals surface area contributed by atoms with Crippen molar-refractivity contribution in [1.82, 2.24) is 15.6 Å². The number of hydrazone groups is 1. The van der Waals surface area contributed by atoms with Crippen LogP contribution < -0.4 is 5.43 Å². The van der Waals surface area contributed by atoms with Crippen molar-refractivity contribution in [3.8, 4) is 5.75 Å². The summed E-state index contributed by atoms with van der Waals surface area (Å²) in [5.74, 6) is -0.0580. The molecule has 0 aliphatic carbocycles. The number of hydrogen-bond donors (Lipinski definition) is 3. The predicted molar refractivity (Wildman–Crippen MR) is 97.7 cm³/mol. The molecule has 6 heteroatoms. The lowest BCUT2D eigenvalue weighted by atomic mass is 10.0. The van der Waals surface area contributed by atoms with Gasteiger partial charge in [0.15, 0.2) is 0 Å². The van der Waals surface area contributed by atoms with Gasteiger partial charge in [-0.05, 0) is 42.7 Å². The van der Waals surface area contributed by atoms with Gasteiger partial charge in [-0.1, -0.05) is 30.3 Å². The summed E-state index contributed by atoms with van der Waals surface area (Å²) in [6.45, 7) is 3.85. The third kappa shape index (κ3) is 3.68. The first-order valence-corrected chi connectivity index (χ1v) is 8.09. The fraction of sp³-hybridized carbons (Fsp3) is 0.211. The fourth-order valence-corrected chi connectivity index (χ4v) is 2.83. The van der Waals surface area contributed by atoms with E-state index in [0.29, 0.717) is 18.4 Å². The Labute approximate surface area is 145 Å². The molecular weight excluding hydrogens is 316 g/mol. The maximum Gasteiger partial charge on any atom is 0.240 e. The number of benzene rings is 2. The fourth-order valence-electron chi connectivity index (χ4n) is 2.83. The van der Waals surface area contributed by atoms with Crippen molar-refractivity contribution in [2.24, 2.45) is 5.10 Å². The highest BCUT2D eigenvalue weighted by Crippen LogP contribution is 2.25. The third-order valence-electron chi connectivity index (χ3n) is 4.21. The number of aryl methyl sites for hydroxylation is 2. The molecule has 3 rings (SSSR count). The van der Waals surface area contributed by atoms with E-state index in [1.807, 2.05) is 44.2 Å². The second-order valence-corrected chi connectivity index (χ2v) is 5.93. The molecule has 2 aromatic carbocycles. The summed E-state index contributed by atoms with van der Waals surface area (Å²) in [5, 5.41) is 22.9. The van der Waals surface area contributed by atoms with Gasteiger partial charge in [-0.2, -0.15) is 10.2 Å². The predicted octanol–water partition coefficient (Wildman–Crippen LogP) is 2.97. The van der Waals surface area contributed by atoms with Crippen molar-refractivity contribution >= 4 is 22.9 Å². The van der Waals surface area contributed by atoms with Crippen LogP contribution >= 0.6 is 0 Å². The molecule has 0 saturated heterocycles. The van der Waals surface area contributed by atoms with Gasteiger partial charge in [0.2, 0.25) is 5.91 Å². The van der Waals surface area contributed by atoms with Gasteiger partial charge in [0.1, 0.15) is 5.75 Å². The van der Waals surface area contributed by atoms with Crippen molar-refractivity contribution in [3.05, 3.63) is 58.9 Å². The number of phenols is 1. The minimum Gasteiger partial charge on any atom is -0.507 e. The topological polar surface area (TPSA) is 90.4 Å². The molecule has 0 spiro atoms. The molecule has 0 unspecified atom stereocenters. The van der Waals surface area contributed by atoms with Crippen molar-refractivity contribution in [2.45, 2.75) is 26.7 Å². The first-order valence-electron chi connectivity index (χ1n) is 8.09. The Bertz CT molecular complexity index is 924. The minimum atomic E-state index is -0.184. The van der Waals surface area contributed by atoms with Crippen LogP contribution in [0.25, 0.3) is 10.8 Å². The summed E-state index contributed by atoms with van der Waals surface area (Å²) in [7, 11) is 0. The Morgan fingerprint density at radius 3 is 2.84 bits per heavy atom. The maximum atomic E-state index is 12.0. The van der Waals surface area contributed by atoms with E-state index in [1.165, 1.54) is 6.21 Å². The van der Waals surface area contributed by atoms with E-state index in [9.17, 15) is 9.90 Å². The number of hydrogen-bond acceptors (Lipinski definition) is 4. The second-order valence-electron chi connectivity index (χ2n) is 5.93. The van der Waals surface area contributed by atoms with Crippen LogP contribution in [0, 0.1) is 13.8 Å². The van der Waals surface area contributed by atoms with Gasteiger partial charge >= 0.3 is 0 Å². The average molecular weight is 336 g/mol. The largest absolute Gasteiger partial charge is 0.507 e. The van der Waals surface area contributed by atoms with Gasteiger partial charge in [-0.25, -0.2) is 5.43 Å². The van der Waals surface area contributed by atoms with Gasteiger partial charge < -0.3 is 5.11 Å². The summed E-state index contributed by atoms with van der Waals surface area (Å²) in [4.78, 5) is 12.0. The van der Waals surface area contributed by atoms with Crippen LogP contribution in [0.2, 0.25) is 0 Å². The lowest BCUT2D eigenvalue weighted by molar-refractivity contribution is -0.121. The molecule has 0 fully saturated rings. The Morgan fingerprint density at radius 2 is 2.08 bits per heavy atom. The molecule has 0 bridgehead atoms. The highest BCUT2D eigenvalue weighted by atomic mass is 16.3. The Hall–Kier alpha value is -3.15. The molecule has 1 amide bonds. The molecule has 0 saturated carbocycles. The van der Waals surface area contributed by atoms with E-state index in [1.54, 1.807) is 6.07 Å².